The standard InChI is InChI=1S/C22H36N5.C7H8O3S/c1-3-16-27(2,17-4-14-25-21-10-6-19(23)7-11-21)18-5-15-26-22-12-8-20(24)9-13-22;1-6-2-4-7(5-3-6)11(8,9)10/h6-13,25-26H,3-5,14-18,23-24H2,1-2H3;2-5H,1H3,(H,8,9,10)/q+1;/p-1. The normalized spacial score (nSPS) is 11.4. The topological polar surface area (TPSA) is 133 Å². The Kier molecular flexibility index (Phi) is 12.4. The molecule has 0 aliphatic heterocycles. The number of anilines is 4. The Morgan fingerprint density at radius 1 is 0.737 bits per heavy atom. The summed E-state index contributed by atoms with van der Waals surface area (Å²) in [5.74, 6) is 0. The van der Waals surface area contributed by atoms with Crippen molar-refractivity contribution < 1.29 is 17.5 Å². The lowest BCUT2D eigenvalue weighted by molar-refractivity contribution is -0.909. The van der Waals surface area contributed by atoms with E-state index in [0.717, 1.165) is 58.7 Å². The van der Waals surface area contributed by atoms with Crippen LogP contribution in [0.25, 0.3) is 0 Å². The van der Waals surface area contributed by atoms with Gasteiger partial charge in [-0.3, -0.25) is 0 Å². The number of nitrogen functional groups attached to an aromatic ring is 2. The second-order valence-corrected chi connectivity index (χ2v) is 11.2. The molecule has 9 heteroatoms. The van der Waals surface area contributed by atoms with Gasteiger partial charge in [0.1, 0.15) is 10.1 Å². The van der Waals surface area contributed by atoms with Crippen LogP contribution in [0.1, 0.15) is 31.7 Å². The quantitative estimate of drug-likeness (QED) is 0.105. The van der Waals surface area contributed by atoms with Crippen molar-refractivity contribution in [3.8, 4) is 0 Å². The van der Waals surface area contributed by atoms with E-state index in [1.807, 2.05) is 55.5 Å². The second-order valence-electron chi connectivity index (χ2n) is 9.86. The molecule has 38 heavy (non-hydrogen) atoms. The highest BCUT2D eigenvalue weighted by Gasteiger charge is 2.19. The number of aryl methyl sites for hydroxylation is 1. The summed E-state index contributed by atoms with van der Waals surface area (Å²) in [6, 6.07) is 21.7. The lowest BCUT2D eigenvalue weighted by Crippen LogP contribution is -2.47. The predicted molar refractivity (Wildman–Crippen MR) is 158 cm³/mol. The van der Waals surface area contributed by atoms with Gasteiger partial charge in [-0.25, -0.2) is 8.42 Å². The van der Waals surface area contributed by atoms with Gasteiger partial charge in [0, 0.05) is 48.7 Å². The van der Waals surface area contributed by atoms with Crippen molar-refractivity contribution >= 4 is 32.9 Å². The maximum Gasteiger partial charge on any atom is 0.124 e. The SMILES string of the molecule is CCC[N+](C)(CCCNc1ccc(N)cc1)CCCNc1ccc(N)cc1.Cc1ccc(S(=O)(=O)[O-])cc1. The van der Waals surface area contributed by atoms with E-state index in [-0.39, 0.29) is 4.90 Å². The van der Waals surface area contributed by atoms with E-state index >= 15 is 0 Å². The average Bonchev–Trinajstić information content (AvgIpc) is 2.87. The zero-order valence-corrected chi connectivity index (χ0v) is 23.6. The summed E-state index contributed by atoms with van der Waals surface area (Å²) < 4.78 is 32.3. The van der Waals surface area contributed by atoms with E-state index in [0.29, 0.717) is 0 Å². The van der Waals surface area contributed by atoms with Gasteiger partial charge in [-0.1, -0.05) is 24.6 Å². The molecule has 0 saturated heterocycles. The third-order valence-electron chi connectivity index (χ3n) is 6.30. The summed E-state index contributed by atoms with van der Waals surface area (Å²) in [6.07, 6.45) is 3.53. The molecule has 0 radical (unpaired) electrons. The number of nitrogens with one attached hydrogen (secondary N) is 2. The van der Waals surface area contributed by atoms with Crippen LogP contribution in [0.3, 0.4) is 0 Å². The van der Waals surface area contributed by atoms with Crippen LogP contribution in [0, 0.1) is 6.92 Å². The average molecular weight is 542 g/mol. The first-order valence-corrected chi connectivity index (χ1v) is 14.5. The molecule has 0 aliphatic rings. The van der Waals surface area contributed by atoms with Gasteiger partial charge < -0.3 is 31.1 Å². The highest BCUT2D eigenvalue weighted by molar-refractivity contribution is 7.85. The number of nitrogens with zero attached hydrogens (tertiary/aromatic N) is 1. The highest BCUT2D eigenvalue weighted by atomic mass is 32.2. The van der Waals surface area contributed by atoms with Gasteiger partial charge in [-0.05, 0) is 74.0 Å². The fourth-order valence-corrected chi connectivity index (χ4v) is 4.64. The van der Waals surface area contributed by atoms with Crippen molar-refractivity contribution in [1.29, 1.82) is 0 Å². The maximum atomic E-state index is 10.4. The molecule has 8 nitrogen and oxygen atoms in total. The Bertz CT molecular complexity index is 1130. The first-order chi connectivity index (χ1) is 18.0. The molecule has 0 bridgehead atoms. The molecular weight excluding hydrogens is 498 g/mol. The number of hydrogen-bond acceptors (Lipinski definition) is 7. The first kappa shape index (κ1) is 31.0. The zero-order valence-electron chi connectivity index (χ0n) is 22.8. The highest BCUT2D eigenvalue weighted by Crippen LogP contribution is 2.13. The van der Waals surface area contributed by atoms with Crippen molar-refractivity contribution in [2.45, 2.75) is 38.0 Å². The lowest BCUT2D eigenvalue weighted by atomic mass is 10.2. The summed E-state index contributed by atoms with van der Waals surface area (Å²) in [7, 11) is -1.88. The summed E-state index contributed by atoms with van der Waals surface area (Å²) in [6.45, 7) is 9.69. The molecule has 0 amide bonds. The summed E-state index contributed by atoms with van der Waals surface area (Å²) in [5.41, 5.74) is 16.3. The van der Waals surface area contributed by atoms with Crippen LogP contribution in [0.5, 0.6) is 0 Å². The van der Waals surface area contributed by atoms with Crippen LogP contribution in [-0.4, -0.2) is 57.2 Å². The largest absolute Gasteiger partial charge is 0.744 e. The molecule has 6 N–H and O–H groups in total. The van der Waals surface area contributed by atoms with Gasteiger partial charge in [-0.15, -0.1) is 0 Å². The third-order valence-corrected chi connectivity index (χ3v) is 7.15. The molecular formula is C29H43N5O3S. The van der Waals surface area contributed by atoms with E-state index in [9.17, 15) is 13.0 Å². The second kappa shape index (κ2) is 15.2. The molecule has 0 aromatic heterocycles. The predicted octanol–water partition coefficient (Wildman–Crippen LogP) is 4.91. The minimum Gasteiger partial charge on any atom is -0.744 e. The van der Waals surface area contributed by atoms with Gasteiger partial charge in [-0.2, -0.15) is 0 Å². The molecule has 208 valence electrons. The smallest absolute Gasteiger partial charge is 0.124 e. The van der Waals surface area contributed by atoms with E-state index < -0.39 is 10.1 Å². The Labute approximate surface area is 228 Å². The molecule has 0 unspecified atom stereocenters. The number of benzene rings is 3. The minimum atomic E-state index is -4.27. The van der Waals surface area contributed by atoms with Crippen molar-refractivity contribution in [2.75, 3.05) is 61.9 Å². The molecule has 3 aromatic rings. The molecule has 3 aromatic carbocycles. The Morgan fingerprint density at radius 3 is 1.53 bits per heavy atom. The molecule has 0 heterocycles. The molecule has 0 fully saturated rings. The van der Waals surface area contributed by atoms with Crippen molar-refractivity contribution in [3.05, 3.63) is 78.4 Å². The van der Waals surface area contributed by atoms with E-state index in [4.69, 9.17) is 11.5 Å². The van der Waals surface area contributed by atoms with Gasteiger partial charge in [0.2, 0.25) is 0 Å². The van der Waals surface area contributed by atoms with Gasteiger partial charge in [0.25, 0.3) is 0 Å². The van der Waals surface area contributed by atoms with Crippen LogP contribution in [-0.2, 0) is 10.1 Å². The zero-order chi connectivity index (χ0) is 28.0. The summed E-state index contributed by atoms with van der Waals surface area (Å²) >= 11 is 0. The van der Waals surface area contributed by atoms with E-state index in [1.165, 1.54) is 38.2 Å². The van der Waals surface area contributed by atoms with Crippen LogP contribution in [0.4, 0.5) is 22.7 Å². The fraction of sp³-hybridized carbons (Fsp3) is 0.379. The molecule has 0 saturated carbocycles. The number of rotatable bonds is 13. The van der Waals surface area contributed by atoms with E-state index in [1.54, 1.807) is 12.1 Å². The molecule has 3 rings (SSSR count). The summed E-state index contributed by atoms with van der Waals surface area (Å²) in [5, 5.41) is 6.98. The van der Waals surface area contributed by atoms with Crippen LogP contribution in [0.2, 0.25) is 0 Å². The minimum absolute atomic E-state index is 0.178. The molecule has 0 atom stereocenters. The third kappa shape index (κ3) is 11.9. The Hall–Kier alpha value is -3.27. The van der Waals surface area contributed by atoms with Crippen LogP contribution >= 0.6 is 0 Å². The Morgan fingerprint density at radius 2 is 1.16 bits per heavy atom. The van der Waals surface area contributed by atoms with Gasteiger partial charge in [0.05, 0.1) is 31.6 Å². The van der Waals surface area contributed by atoms with Crippen LogP contribution < -0.4 is 22.1 Å². The van der Waals surface area contributed by atoms with Gasteiger partial charge in [0.15, 0.2) is 0 Å². The lowest BCUT2D eigenvalue weighted by Gasteiger charge is -2.34. The van der Waals surface area contributed by atoms with Gasteiger partial charge >= 0.3 is 0 Å². The van der Waals surface area contributed by atoms with Crippen molar-refractivity contribution in [3.63, 3.8) is 0 Å². The first-order valence-electron chi connectivity index (χ1n) is 13.1. The number of hydrogen-bond donors (Lipinski definition) is 4. The van der Waals surface area contributed by atoms with Crippen molar-refractivity contribution in [2.24, 2.45) is 0 Å². The van der Waals surface area contributed by atoms with E-state index in [2.05, 4.69) is 24.6 Å². The Balaban J connectivity index is 0.000000384. The van der Waals surface area contributed by atoms with Crippen molar-refractivity contribution in [1.82, 2.24) is 0 Å². The summed E-state index contributed by atoms with van der Waals surface area (Å²) in [4.78, 5) is -0.178. The maximum absolute atomic E-state index is 10.4. The number of quaternary nitrogens is 1. The number of nitrogens with two attached hydrogens (primary N) is 2. The van der Waals surface area contributed by atoms with Crippen LogP contribution in [0.15, 0.2) is 77.7 Å². The molecule has 0 aliphatic carbocycles. The fourth-order valence-electron chi connectivity index (χ4n) is 4.17. The molecule has 0 spiro atoms. The monoisotopic (exact) mass is 541 g/mol.